The number of nitrogens with two attached hydrogens (primary N) is 1. The van der Waals surface area contributed by atoms with Crippen molar-refractivity contribution < 1.29 is 9.47 Å². The van der Waals surface area contributed by atoms with Crippen LogP contribution in [-0.4, -0.2) is 40.9 Å². The smallest absolute Gasteiger partial charge is 0.132 e. The molecular formula is C23H30N4O2. The molecule has 6 heteroatoms. The molecule has 29 heavy (non-hydrogen) atoms. The molecule has 0 atom stereocenters. The molecule has 2 saturated heterocycles. The lowest BCUT2D eigenvalue weighted by Crippen LogP contribution is -2.44. The Balaban J connectivity index is 1.28. The summed E-state index contributed by atoms with van der Waals surface area (Å²) in [6.45, 7) is 5.04. The normalized spacial score (nSPS) is 22.0. The van der Waals surface area contributed by atoms with Gasteiger partial charge >= 0.3 is 0 Å². The van der Waals surface area contributed by atoms with Crippen molar-refractivity contribution in [3.05, 3.63) is 41.9 Å². The average molecular weight is 395 g/mol. The van der Waals surface area contributed by atoms with Gasteiger partial charge in [0.25, 0.3) is 0 Å². The van der Waals surface area contributed by atoms with E-state index in [9.17, 15) is 0 Å². The average Bonchev–Trinajstić information content (AvgIpc) is 3.27. The highest BCUT2D eigenvalue weighted by Gasteiger charge is 2.40. The summed E-state index contributed by atoms with van der Waals surface area (Å²) in [7, 11) is 0. The lowest BCUT2D eigenvalue weighted by Gasteiger charge is -2.39. The lowest BCUT2D eigenvalue weighted by molar-refractivity contribution is -0.0147. The molecule has 5 rings (SSSR count). The molecular weight excluding hydrogens is 364 g/mol. The molecule has 6 nitrogen and oxygen atoms in total. The van der Waals surface area contributed by atoms with Crippen LogP contribution in [0.1, 0.15) is 56.7 Å². The number of nitrogen functional groups attached to an aromatic ring is 1. The third-order valence-electron chi connectivity index (χ3n) is 6.70. The number of ether oxygens (including phenoxy) is 2. The quantitative estimate of drug-likeness (QED) is 0.779. The van der Waals surface area contributed by atoms with E-state index >= 15 is 0 Å². The number of hydrogen-bond acceptors (Lipinski definition) is 6. The fourth-order valence-corrected chi connectivity index (χ4v) is 4.50. The third kappa shape index (κ3) is 4.04. The van der Waals surface area contributed by atoms with Gasteiger partial charge in [-0.25, -0.2) is 9.97 Å². The number of benzene rings is 1. The molecule has 1 saturated carbocycles. The molecule has 0 bridgehead atoms. The number of aromatic nitrogens is 2. The van der Waals surface area contributed by atoms with Gasteiger partial charge in [-0.2, -0.15) is 0 Å². The highest BCUT2D eigenvalue weighted by Crippen LogP contribution is 2.40. The summed E-state index contributed by atoms with van der Waals surface area (Å²) in [5, 5.41) is 0. The Morgan fingerprint density at radius 1 is 1.10 bits per heavy atom. The molecule has 0 amide bonds. The van der Waals surface area contributed by atoms with Gasteiger partial charge in [0.05, 0.1) is 11.3 Å². The Hall–Kier alpha value is -2.34. The molecule has 1 aliphatic carbocycles. The molecule has 0 radical (unpaired) electrons. The predicted molar refractivity (Wildman–Crippen MR) is 113 cm³/mol. The standard InChI is InChI=1S/C23H30N4O2/c1-22(6-7-22)29-19-3-4-20(24)17(14-19)13-18-15-21(26-16-25-18)27-10-8-23(9-11-27)5-2-12-28-23/h3-4,14-16H,2,5-13,24H2,1H3. The van der Waals surface area contributed by atoms with E-state index in [-0.39, 0.29) is 11.2 Å². The predicted octanol–water partition coefficient (Wildman–Crippen LogP) is 3.73. The van der Waals surface area contributed by atoms with Crippen LogP contribution in [0, 0.1) is 0 Å². The van der Waals surface area contributed by atoms with Crippen LogP contribution in [-0.2, 0) is 11.2 Å². The van der Waals surface area contributed by atoms with Crippen LogP contribution in [0.3, 0.4) is 0 Å². The van der Waals surface area contributed by atoms with Crippen LogP contribution >= 0.6 is 0 Å². The van der Waals surface area contributed by atoms with Crippen molar-refractivity contribution in [3.8, 4) is 5.75 Å². The van der Waals surface area contributed by atoms with Gasteiger partial charge < -0.3 is 20.1 Å². The van der Waals surface area contributed by atoms with E-state index in [1.54, 1.807) is 6.33 Å². The molecule has 2 N–H and O–H groups in total. The van der Waals surface area contributed by atoms with E-state index in [4.69, 9.17) is 15.2 Å². The Bertz CT molecular complexity index is 880. The van der Waals surface area contributed by atoms with Gasteiger partial charge in [-0.3, -0.25) is 0 Å². The minimum Gasteiger partial charge on any atom is -0.488 e. The number of anilines is 2. The fourth-order valence-electron chi connectivity index (χ4n) is 4.50. The summed E-state index contributed by atoms with van der Waals surface area (Å²) in [5.41, 5.74) is 9.17. The topological polar surface area (TPSA) is 73.5 Å². The van der Waals surface area contributed by atoms with Crippen molar-refractivity contribution in [1.82, 2.24) is 9.97 Å². The summed E-state index contributed by atoms with van der Waals surface area (Å²) >= 11 is 0. The van der Waals surface area contributed by atoms with E-state index in [0.717, 1.165) is 73.9 Å². The van der Waals surface area contributed by atoms with Crippen molar-refractivity contribution >= 4 is 11.5 Å². The van der Waals surface area contributed by atoms with Gasteiger partial charge in [0.1, 0.15) is 23.5 Å². The molecule has 154 valence electrons. The van der Waals surface area contributed by atoms with E-state index in [1.165, 1.54) is 12.8 Å². The van der Waals surface area contributed by atoms with Crippen LogP contribution in [0.4, 0.5) is 11.5 Å². The first kappa shape index (κ1) is 18.7. The Labute approximate surface area is 172 Å². The van der Waals surface area contributed by atoms with Crippen molar-refractivity contribution in [1.29, 1.82) is 0 Å². The SMILES string of the molecule is CC1(Oc2ccc(N)c(Cc3cc(N4CCC5(CCCO5)CC4)ncn3)c2)CC1. The summed E-state index contributed by atoms with van der Waals surface area (Å²) in [4.78, 5) is 11.4. The summed E-state index contributed by atoms with van der Waals surface area (Å²) < 4.78 is 12.1. The molecule has 1 aromatic heterocycles. The Morgan fingerprint density at radius 2 is 1.93 bits per heavy atom. The maximum Gasteiger partial charge on any atom is 0.132 e. The van der Waals surface area contributed by atoms with E-state index in [1.807, 2.05) is 12.1 Å². The van der Waals surface area contributed by atoms with Crippen LogP contribution in [0.5, 0.6) is 5.75 Å². The summed E-state index contributed by atoms with van der Waals surface area (Å²) in [6.07, 6.45) is 9.13. The van der Waals surface area contributed by atoms with Crippen LogP contribution < -0.4 is 15.4 Å². The van der Waals surface area contributed by atoms with Crippen LogP contribution in [0.25, 0.3) is 0 Å². The molecule has 1 spiro atoms. The second-order valence-electron chi connectivity index (χ2n) is 9.08. The fraction of sp³-hybridized carbons (Fsp3) is 0.565. The first-order valence-corrected chi connectivity index (χ1v) is 10.8. The van der Waals surface area contributed by atoms with E-state index in [0.29, 0.717) is 6.42 Å². The minimum atomic E-state index is 0.00410. The van der Waals surface area contributed by atoms with Gasteiger partial charge in [-0.05, 0) is 69.2 Å². The second kappa shape index (κ2) is 7.17. The van der Waals surface area contributed by atoms with E-state index < -0.39 is 0 Å². The second-order valence-corrected chi connectivity index (χ2v) is 9.08. The first-order valence-electron chi connectivity index (χ1n) is 10.8. The minimum absolute atomic E-state index is 0.00410. The zero-order chi connectivity index (χ0) is 19.9. The van der Waals surface area contributed by atoms with Crippen molar-refractivity contribution in [2.75, 3.05) is 30.3 Å². The van der Waals surface area contributed by atoms with Gasteiger partial charge in [-0.15, -0.1) is 0 Å². The van der Waals surface area contributed by atoms with Gasteiger partial charge in [0, 0.05) is 37.9 Å². The maximum absolute atomic E-state index is 6.24. The first-order chi connectivity index (χ1) is 14.0. The van der Waals surface area contributed by atoms with Crippen molar-refractivity contribution in [2.45, 2.75) is 63.1 Å². The third-order valence-corrected chi connectivity index (χ3v) is 6.70. The summed E-state index contributed by atoms with van der Waals surface area (Å²) in [6, 6.07) is 8.05. The van der Waals surface area contributed by atoms with Gasteiger partial charge in [-0.1, -0.05) is 0 Å². The van der Waals surface area contributed by atoms with Crippen molar-refractivity contribution in [2.24, 2.45) is 0 Å². The molecule has 0 unspecified atom stereocenters. The highest BCUT2D eigenvalue weighted by molar-refractivity contribution is 5.52. The molecule has 2 aliphatic heterocycles. The molecule has 3 heterocycles. The van der Waals surface area contributed by atoms with Crippen molar-refractivity contribution in [3.63, 3.8) is 0 Å². The Kier molecular flexibility index (Phi) is 4.62. The molecule has 3 aliphatic rings. The maximum atomic E-state index is 6.24. The van der Waals surface area contributed by atoms with Gasteiger partial charge in [0.2, 0.25) is 0 Å². The number of rotatable bonds is 5. The number of hydrogen-bond donors (Lipinski definition) is 1. The van der Waals surface area contributed by atoms with Crippen LogP contribution in [0.15, 0.2) is 30.6 Å². The monoisotopic (exact) mass is 394 g/mol. The van der Waals surface area contributed by atoms with Crippen LogP contribution in [0.2, 0.25) is 0 Å². The molecule has 1 aromatic carbocycles. The largest absolute Gasteiger partial charge is 0.488 e. The zero-order valence-corrected chi connectivity index (χ0v) is 17.2. The molecule has 2 aromatic rings. The van der Waals surface area contributed by atoms with Gasteiger partial charge in [0.15, 0.2) is 0 Å². The summed E-state index contributed by atoms with van der Waals surface area (Å²) in [5.74, 6) is 1.89. The van der Waals surface area contributed by atoms with E-state index in [2.05, 4.69) is 33.9 Å². The Morgan fingerprint density at radius 3 is 2.66 bits per heavy atom. The highest BCUT2D eigenvalue weighted by atomic mass is 16.5. The number of nitrogens with zero attached hydrogens (tertiary/aromatic N) is 3. The molecule has 3 fully saturated rings. The zero-order valence-electron chi connectivity index (χ0n) is 17.2. The number of piperidine rings is 1. The lowest BCUT2D eigenvalue weighted by atomic mass is 9.89.